The van der Waals surface area contributed by atoms with Crippen LogP contribution in [0.1, 0.15) is 92.4 Å². The molecule has 3 saturated carbocycles. The van der Waals surface area contributed by atoms with Gasteiger partial charge in [-0.25, -0.2) is 4.79 Å². The SMILES string of the molecule is CCC1(NC(=O)NC2CC(C)(C)C(=O)C(C)(C)C2)CC2CCCC(C2)C1. The van der Waals surface area contributed by atoms with Crippen molar-refractivity contribution < 1.29 is 9.59 Å². The quantitative estimate of drug-likeness (QED) is 0.756. The highest BCUT2D eigenvalue weighted by Crippen LogP contribution is 2.46. The molecule has 2 amide bonds. The summed E-state index contributed by atoms with van der Waals surface area (Å²) in [4.78, 5) is 25.5. The van der Waals surface area contributed by atoms with E-state index in [1.165, 1.54) is 25.7 Å². The molecule has 0 spiro atoms. The standard InChI is InChI=1S/C22H38N2O2/c1-6-22(11-15-8-7-9-16(10-15)12-22)24-19(26)23-17-13-20(2,3)18(25)21(4,5)14-17/h15-17H,6-14H2,1-5H3,(H2,23,24,26). The van der Waals surface area contributed by atoms with Gasteiger partial charge in [0.05, 0.1) is 0 Å². The zero-order valence-electron chi connectivity index (χ0n) is 17.4. The largest absolute Gasteiger partial charge is 0.335 e. The molecule has 2 atom stereocenters. The molecule has 0 saturated heterocycles. The van der Waals surface area contributed by atoms with E-state index in [2.05, 4.69) is 17.6 Å². The smallest absolute Gasteiger partial charge is 0.315 e. The average molecular weight is 363 g/mol. The second-order valence-corrected chi connectivity index (χ2v) is 10.7. The number of rotatable bonds is 3. The van der Waals surface area contributed by atoms with Crippen molar-refractivity contribution in [1.82, 2.24) is 10.6 Å². The summed E-state index contributed by atoms with van der Waals surface area (Å²) in [5.41, 5.74) is -0.776. The Labute approximate surface area is 159 Å². The molecule has 0 aromatic heterocycles. The zero-order valence-corrected chi connectivity index (χ0v) is 17.4. The second-order valence-electron chi connectivity index (χ2n) is 10.7. The Bertz CT molecular complexity index is 534. The van der Waals surface area contributed by atoms with Gasteiger partial charge in [-0.15, -0.1) is 0 Å². The lowest BCUT2D eigenvalue weighted by Crippen LogP contribution is -2.59. The predicted octanol–water partition coefficient (Wildman–Crippen LogP) is 4.82. The Kier molecular flexibility index (Phi) is 5.18. The van der Waals surface area contributed by atoms with Crippen molar-refractivity contribution in [3.8, 4) is 0 Å². The topological polar surface area (TPSA) is 58.2 Å². The van der Waals surface area contributed by atoms with Gasteiger partial charge in [0.2, 0.25) is 0 Å². The number of carbonyl (C=O) groups excluding carboxylic acids is 2. The summed E-state index contributed by atoms with van der Waals surface area (Å²) in [5.74, 6) is 1.88. The first-order valence-electron chi connectivity index (χ1n) is 10.7. The Morgan fingerprint density at radius 1 is 1.00 bits per heavy atom. The van der Waals surface area contributed by atoms with Crippen LogP contribution in [0.3, 0.4) is 0 Å². The van der Waals surface area contributed by atoms with E-state index in [4.69, 9.17) is 0 Å². The van der Waals surface area contributed by atoms with Crippen molar-refractivity contribution in [1.29, 1.82) is 0 Å². The van der Waals surface area contributed by atoms with Crippen LogP contribution in [-0.4, -0.2) is 23.4 Å². The third-order valence-corrected chi connectivity index (χ3v) is 7.38. The molecule has 3 aliphatic carbocycles. The fourth-order valence-corrected chi connectivity index (χ4v) is 6.41. The minimum atomic E-state index is -0.371. The summed E-state index contributed by atoms with van der Waals surface area (Å²) >= 11 is 0. The van der Waals surface area contributed by atoms with Crippen LogP contribution in [0.4, 0.5) is 4.79 Å². The van der Waals surface area contributed by atoms with E-state index < -0.39 is 0 Å². The van der Waals surface area contributed by atoms with Gasteiger partial charge in [0.15, 0.2) is 0 Å². The first kappa shape index (κ1) is 19.7. The first-order valence-corrected chi connectivity index (χ1v) is 10.7. The number of nitrogens with one attached hydrogen (secondary N) is 2. The van der Waals surface area contributed by atoms with Crippen LogP contribution in [0.15, 0.2) is 0 Å². The van der Waals surface area contributed by atoms with E-state index in [-0.39, 0.29) is 28.4 Å². The van der Waals surface area contributed by atoms with Crippen LogP contribution in [0.5, 0.6) is 0 Å². The van der Waals surface area contributed by atoms with E-state index in [0.717, 1.165) is 43.9 Å². The maximum atomic E-state index is 12.9. The Hall–Kier alpha value is -1.06. The maximum absolute atomic E-state index is 12.9. The van der Waals surface area contributed by atoms with Crippen molar-refractivity contribution in [2.75, 3.05) is 0 Å². The average Bonchev–Trinajstić information content (AvgIpc) is 2.51. The Balaban J connectivity index is 1.63. The van der Waals surface area contributed by atoms with Crippen LogP contribution in [0.2, 0.25) is 0 Å². The van der Waals surface area contributed by atoms with E-state index in [1.807, 2.05) is 27.7 Å². The molecule has 0 radical (unpaired) electrons. The molecular formula is C22H38N2O2. The molecule has 0 aromatic carbocycles. The van der Waals surface area contributed by atoms with Gasteiger partial charge in [-0.05, 0) is 50.4 Å². The minimum Gasteiger partial charge on any atom is -0.335 e. The minimum absolute atomic E-state index is 0.0298. The monoisotopic (exact) mass is 362 g/mol. The van der Waals surface area contributed by atoms with Gasteiger partial charge in [-0.2, -0.15) is 0 Å². The number of urea groups is 1. The number of Topliss-reactive ketones (excluding diaryl/α,β-unsaturated/α-hetero) is 1. The van der Waals surface area contributed by atoms with Crippen molar-refractivity contribution >= 4 is 11.8 Å². The number of fused-ring (bicyclic) bond motifs is 2. The summed E-state index contributed by atoms with van der Waals surface area (Å²) in [6, 6.07) is 0.0347. The summed E-state index contributed by atoms with van der Waals surface area (Å²) < 4.78 is 0. The second kappa shape index (κ2) is 6.83. The third kappa shape index (κ3) is 3.94. The summed E-state index contributed by atoms with van der Waals surface area (Å²) in [6.07, 6.45) is 10.1. The van der Waals surface area contributed by atoms with Crippen molar-refractivity contribution in [2.45, 2.75) is 104 Å². The van der Waals surface area contributed by atoms with Gasteiger partial charge in [0.1, 0.15) is 5.78 Å². The molecule has 148 valence electrons. The van der Waals surface area contributed by atoms with Crippen molar-refractivity contribution in [2.24, 2.45) is 22.7 Å². The highest BCUT2D eigenvalue weighted by Gasteiger charge is 2.47. The highest BCUT2D eigenvalue weighted by molar-refractivity contribution is 5.90. The molecule has 3 aliphatic rings. The molecule has 0 heterocycles. The number of amides is 2. The van der Waals surface area contributed by atoms with Gasteiger partial charge in [-0.3, -0.25) is 4.79 Å². The Morgan fingerprint density at radius 3 is 2.04 bits per heavy atom. The lowest BCUT2D eigenvalue weighted by molar-refractivity contribution is -0.140. The summed E-state index contributed by atoms with van der Waals surface area (Å²) in [5, 5.41) is 6.61. The Morgan fingerprint density at radius 2 is 1.54 bits per heavy atom. The van der Waals surface area contributed by atoms with Crippen molar-refractivity contribution in [3.63, 3.8) is 0 Å². The van der Waals surface area contributed by atoms with Gasteiger partial charge >= 0.3 is 6.03 Å². The first-order chi connectivity index (χ1) is 12.1. The zero-order chi connectivity index (χ0) is 19.2. The molecule has 3 rings (SSSR count). The lowest BCUT2D eigenvalue weighted by Gasteiger charge is -2.48. The van der Waals surface area contributed by atoms with Crippen LogP contribution in [0.25, 0.3) is 0 Å². The van der Waals surface area contributed by atoms with Crippen LogP contribution in [-0.2, 0) is 4.79 Å². The highest BCUT2D eigenvalue weighted by atomic mass is 16.2. The van der Waals surface area contributed by atoms with E-state index in [1.54, 1.807) is 0 Å². The van der Waals surface area contributed by atoms with E-state index in [0.29, 0.717) is 5.78 Å². The van der Waals surface area contributed by atoms with Gasteiger partial charge < -0.3 is 10.6 Å². The molecule has 2 bridgehead atoms. The van der Waals surface area contributed by atoms with Crippen LogP contribution in [0, 0.1) is 22.7 Å². The predicted molar refractivity (Wildman–Crippen MR) is 105 cm³/mol. The van der Waals surface area contributed by atoms with E-state index >= 15 is 0 Å². The van der Waals surface area contributed by atoms with Crippen LogP contribution < -0.4 is 10.6 Å². The molecule has 4 nitrogen and oxygen atoms in total. The fraction of sp³-hybridized carbons (Fsp3) is 0.909. The van der Waals surface area contributed by atoms with Crippen LogP contribution >= 0.6 is 0 Å². The van der Waals surface area contributed by atoms with Gasteiger partial charge in [0, 0.05) is 22.4 Å². The molecule has 0 aliphatic heterocycles. The van der Waals surface area contributed by atoms with Gasteiger partial charge in [0.25, 0.3) is 0 Å². The van der Waals surface area contributed by atoms with Crippen molar-refractivity contribution in [3.05, 3.63) is 0 Å². The third-order valence-electron chi connectivity index (χ3n) is 7.38. The lowest BCUT2D eigenvalue weighted by atomic mass is 9.62. The van der Waals surface area contributed by atoms with Gasteiger partial charge in [-0.1, -0.05) is 53.9 Å². The molecule has 2 N–H and O–H groups in total. The molecular weight excluding hydrogens is 324 g/mol. The number of carbonyl (C=O) groups is 2. The molecule has 3 fully saturated rings. The molecule has 0 aromatic rings. The fourth-order valence-electron chi connectivity index (χ4n) is 6.41. The molecule has 4 heteroatoms. The van der Waals surface area contributed by atoms with E-state index in [9.17, 15) is 9.59 Å². The number of hydrogen-bond acceptors (Lipinski definition) is 2. The summed E-state index contributed by atoms with van der Waals surface area (Å²) in [6.45, 7) is 10.3. The molecule has 26 heavy (non-hydrogen) atoms. The molecule has 2 unspecified atom stereocenters. The normalized spacial score (nSPS) is 36.4. The number of ketones is 1. The maximum Gasteiger partial charge on any atom is 0.315 e. The summed E-state index contributed by atoms with van der Waals surface area (Å²) in [7, 11) is 0. The number of hydrogen-bond donors (Lipinski definition) is 2.